The Morgan fingerprint density at radius 1 is 1.25 bits per heavy atom. The minimum atomic E-state index is 0. The van der Waals surface area contributed by atoms with Crippen LogP contribution in [0.1, 0.15) is 36.2 Å². The molecule has 2 fully saturated rings. The summed E-state index contributed by atoms with van der Waals surface area (Å²) in [6, 6.07) is 0.706. The first-order valence-electron chi connectivity index (χ1n) is 8.79. The van der Waals surface area contributed by atoms with Gasteiger partial charge in [-0.15, -0.1) is 24.0 Å². The van der Waals surface area contributed by atoms with Crippen molar-refractivity contribution in [2.45, 2.75) is 45.7 Å². The molecule has 1 aromatic heterocycles. The molecule has 0 radical (unpaired) electrons. The third-order valence-corrected chi connectivity index (χ3v) is 5.41. The molecule has 7 heteroatoms. The molecule has 0 spiro atoms. The Morgan fingerprint density at radius 2 is 1.96 bits per heavy atom. The second-order valence-corrected chi connectivity index (χ2v) is 6.81. The van der Waals surface area contributed by atoms with Gasteiger partial charge in [-0.1, -0.05) is 0 Å². The Labute approximate surface area is 162 Å². The molecule has 0 bridgehead atoms. The van der Waals surface area contributed by atoms with Gasteiger partial charge in [-0.25, -0.2) is 0 Å². The molecule has 0 aliphatic carbocycles. The SMILES string of the molecule is CN=C(NCc1c(C)nn(C)c1C)N1CCC(N2CCCC2)C1.I. The van der Waals surface area contributed by atoms with E-state index in [2.05, 4.69) is 39.1 Å². The molecule has 0 aromatic carbocycles. The van der Waals surface area contributed by atoms with Crippen molar-refractivity contribution in [3.8, 4) is 0 Å². The third kappa shape index (κ3) is 4.04. The number of hydrogen-bond donors (Lipinski definition) is 1. The number of rotatable bonds is 3. The van der Waals surface area contributed by atoms with Crippen LogP contribution in [0, 0.1) is 13.8 Å². The summed E-state index contributed by atoms with van der Waals surface area (Å²) in [4.78, 5) is 9.56. The van der Waals surface area contributed by atoms with Crippen molar-refractivity contribution < 1.29 is 0 Å². The van der Waals surface area contributed by atoms with E-state index in [9.17, 15) is 0 Å². The Kier molecular flexibility index (Phi) is 6.91. The van der Waals surface area contributed by atoms with Crippen LogP contribution in [0.25, 0.3) is 0 Å². The van der Waals surface area contributed by atoms with Gasteiger partial charge in [-0.2, -0.15) is 5.10 Å². The lowest BCUT2D eigenvalue weighted by Gasteiger charge is -2.25. The summed E-state index contributed by atoms with van der Waals surface area (Å²) in [5.41, 5.74) is 3.61. The van der Waals surface area contributed by atoms with Crippen LogP contribution in [0.2, 0.25) is 0 Å². The summed E-state index contributed by atoms with van der Waals surface area (Å²) in [6.45, 7) is 9.75. The van der Waals surface area contributed by atoms with Crippen molar-refractivity contribution in [3.63, 3.8) is 0 Å². The summed E-state index contributed by atoms with van der Waals surface area (Å²) < 4.78 is 1.95. The summed E-state index contributed by atoms with van der Waals surface area (Å²) in [5, 5.41) is 8.03. The molecule has 136 valence electrons. The highest BCUT2D eigenvalue weighted by atomic mass is 127. The lowest BCUT2D eigenvalue weighted by atomic mass is 10.2. The van der Waals surface area contributed by atoms with Crippen LogP contribution in [-0.2, 0) is 13.6 Å². The molecule has 2 aliphatic heterocycles. The standard InChI is InChI=1S/C17H30N6.HI/c1-13-16(14(2)21(4)20-13)11-19-17(18-3)23-10-7-15(12-23)22-8-5-6-9-22;/h15H,5-12H2,1-4H3,(H,18,19);1H. The highest BCUT2D eigenvalue weighted by molar-refractivity contribution is 14.0. The van der Waals surface area contributed by atoms with Crippen LogP contribution < -0.4 is 5.32 Å². The van der Waals surface area contributed by atoms with Crippen LogP contribution in [0.3, 0.4) is 0 Å². The minimum Gasteiger partial charge on any atom is -0.352 e. The first kappa shape index (κ1) is 19.5. The highest BCUT2D eigenvalue weighted by Gasteiger charge is 2.30. The monoisotopic (exact) mass is 446 g/mol. The van der Waals surface area contributed by atoms with E-state index < -0.39 is 0 Å². The van der Waals surface area contributed by atoms with E-state index in [-0.39, 0.29) is 24.0 Å². The molecule has 3 rings (SSSR count). The molecule has 1 N–H and O–H groups in total. The lowest BCUT2D eigenvalue weighted by Crippen LogP contribution is -2.42. The Morgan fingerprint density at radius 3 is 2.54 bits per heavy atom. The Bertz CT molecular complexity index is 576. The first-order valence-corrected chi connectivity index (χ1v) is 8.79. The Balaban J connectivity index is 0.00000208. The van der Waals surface area contributed by atoms with Crippen LogP contribution in [-0.4, -0.2) is 64.8 Å². The van der Waals surface area contributed by atoms with Gasteiger partial charge in [-0.05, 0) is 46.2 Å². The van der Waals surface area contributed by atoms with Crippen LogP contribution in [0.4, 0.5) is 0 Å². The largest absolute Gasteiger partial charge is 0.352 e. The molecule has 1 aromatic rings. The van der Waals surface area contributed by atoms with Crippen molar-refractivity contribution in [2.75, 3.05) is 33.2 Å². The van der Waals surface area contributed by atoms with Gasteiger partial charge in [0.2, 0.25) is 0 Å². The molecule has 3 heterocycles. The highest BCUT2D eigenvalue weighted by Crippen LogP contribution is 2.20. The maximum absolute atomic E-state index is 4.50. The zero-order valence-electron chi connectivity index (χ0n) is 15.4. The minimum absolute atomic E-state index is 0. The quantitative estimate of drug-likeness (QED) is 0.438. The number of hydrogen-bond acceptors (Lipinski definition) is 3. The molecule has 0 saturated carbocycles. The van der Waals surface area contributed by atoms with Gasteiger partial charge in [0.1, 0.15) is 0 Å². The van der Waals surface area contributed by atoms with Crippen LogP contribution >= 0.6 is 24.0 Å². The topological polar surface area (TPSA) is 48.7 Å². The zero-order valence-corrected chi connectivity index (χ0v) is 17.7. The fraction of sp³-hybridized carbons (Fsp3) is 0.765. The van der Waals surface area contributed by atoms with E-state index in [1.54, 1.807) is 0 Å². The van der Waals surface area contributed by atoms with E-state index in [4.69, 9.17) is 0 Å². The van der Waals surface area contributed by atoms with Crippen molar-refractivity contribution in [3.05, 3.63) is 17.0 Å². The number of aryl methyl sites for hydroxylation is 2. The van der Waals surface area contributed by atoms with Crippen molar-refractivity contribution in [1.29, 1.82) is 0 Å². The van der Waals surface area contributed by atoms with E-state index in [1.165, 1.54) is 43.6 Å². The fourth-order valence-corrected chi connectivity index (χ4v) is 3.91. The van der Waals surface area contributed by atoms with Gasteiger partial charge >= 0.3 is 0 Å². The molecular formula is C17H31IN6. The molecule has 2 aliphatic rings. The molecule has 24 heavy (non-hydrogen) atoms. The predicted molar refractivity (Wildman–Crippen MR) is 109 cm³/mol. The molecule has 1 unspecified atom stereocenters. The second kappa shape index (κ2) is 8.51. The molecule has 6 nitrogen and oxygen atoms in total. The maximum Gasteiger partial charge on any atom is 0.193 e. The van der Waals surface area contributed by atoms with E-state index in [1.807, 2.05) is 18.8 Å². The van der Waals surface area contributed by atoms with Crippen LogP contribution in [0.5, 0.6) is 0 Å². The van der Waals surface area contributed by atoms with Crippen molar-refractivity contribution >= 4 is 29.9 Å². The van der Waals surface area contributed by atoms with Gasteiger partial charge in [0.05, 0.1) is 5.69 Å². The van der Waals surface area contributed by atoms with Crippen molar-refractivity contribution in [2.24, 2.45) is 12.0 Å². The number of guanidine groups is 1. The van der Waals surface area contributed by atoms with Crippen LogP contribution in [0.15, 0.2) is 4.99 Å². The molecule has 0 amide bonds. The van der Waals surface area contributed by atoms with Crippen molar-refractivity contribution in [1.82, 2.24) is 24.9 Å². The molecule has 1 atom stereocenters. The first-order chi connectivity index (χ1) is 11.1. The van der Waals surface area contributed by atoms with Gasteiger partial charge < -0.3 is 10.2 Å². The summed E-state index contributed by atoms with van der Waals surface area (Å²) in [5.74, 6) is 1.02. The number of aliphatic imine (C=N–C) groups is 1. The summed E-state index contributed by atoms with van der Waals surface area (Å²) >= 11 is 0. The lowest BCUT2D eigenvalue weighted by molar-refractivity contribution is 0.249. The number of nitrogens with one attached hydrogen (secondary N) is 1. The van der Waals surface area contributed by atoms with Gasteiger partial charge in [-0.3, -0.25) is 14.6 Å². The number of likely N-dealkylation sites (tertiary alicyclic amines) is 2. The summed E-state index contributed by atoms with van der Waals surface area (Å²) in [7, 11) is 3.89. The number of aromatic nitrogens is 2. The second-order valence-electron chi connectivity index (χ2n) is 6.81. The van der Waals surface area contributed by atoms with E-state index in [0.717, 1.165) is 31.3 Å². The maximum atomic E-state index is 4.50. The number of nitrogens with zero attached hydrogens (tertiary/aromatic N) is 5. The zero-order chi connectivity index (χ0) is 16.4. The number of halogens is 1. The average molecular weight is 446 g/mol. The normalized spacial score (nSPS) is 22.1. The van der Waals surface area contributed by atoms with Gasteiger partial charge in [0, 0.05) is 51.0 Å². The molecular weight excluding hydrogens is 415 g/mol. The third-order valence-electron chi connectivity index (χ3n) is 5.41. The average Bonchev–Trinajstić information content (AvgIpc) is 3.24. The van der Waals surface area contributed by atoms with Gasteiger partial charge in [0.15, 0.2) is 5.96 Å². The van der Waals surface area contributed by atoms with E-state index >= 15 is 0 Å². The van der Waals surface area contributed by atoms with E-state index in [0.29, 0.717) is 6.04 Å². The molecule has 2 saturated heterocycles. The summed E-state index contributed by atoms with van der Waals surface area (Å²) in [6.07, 6.45) is 3.98. The van der Waals surface area contributed by atoms with Gasteiger partial charge in [0.25, 0.3) is 0 Å². The predicted octanol–water partition coefficient (Wildman–Crippen LogP) is 1.90. The fourth-order valence-electron chi connectivity index (χ4n) is 3.91. The Hall–Kier alpha value is -0.830. The smallest absolute Gasteiger partial charge is 0.193 e.